The molecule has 0 aliphatic carbocycles. The van der Waals surface area contributed by atoms with E-state index in [2.05, 4.69) is 35.6 Å². The van der Waals surface area contributed by atoms with Crippen molar-refractivity contribution in [1.29, 1.82) is 0 Å². The Kier molecular flexibility index (Phi) is 3.83. The summed E-state index contributed by atoms with van der Waals surface area (Å²) in [6.45, 7) is 0. The van der Waals surface area contributed by atoms with Crippen LogP contribution in [-0.2, 0) is 4.74 Å². The highest BCUT2D eigenvalue weighted by atomic mass is 79.9. The van der Waals surface area contributed by atoms with Crippen LogP contribution in [0.4, 0.5) is 0 Å². The number of carbonyl (C=O) groups excluding carboxylic acids is 1. The standard InChI is InChI=1S/C11H8BrN3O3/c1-17-11(16)9-5-14-6-10(15-9)18-8-2-7(12)3-13-4-8/h2-6H,1H3. The Morgan fingerprint density at radius 3 is 2.72 bits per heavy atom. The van der Waals surface area contributed by atoms with Gasteiger partial charge in [-0.05, 0) is 22.0 Å². The Morgan fingerprint density at radius 1 is 1.22 bits per heavy atom. The van der Waals surface area contributed by atoms with Gasteiger partial charge >= 0.3 is 5.97 Å². The van der Waals surface area contributed by atoms with Crippen LogP contribution in [0.25, 0.3) is 0 Å². The Labute approximate surface area is 111 Å². The van der Waals surface area contributed by atoms with Gasteiger partial charge in [-0.15, -0.1) is 0 Å². The van der Waals surface area contributed by atoms with Crippen molar-refractivity contribution in [3.05, 3.63) is 41.0 Å². The summed E-state index contributed by atoms with van der Waals surface area (Å²) in [6, 6.07) is 1.72. The molecule has 0 aliphatic rings. The van der Waals surface area contributed by atoms with Crippen LogP contribution in [0.15, 0.2) is 35.3 Å². The van der Waals surface area contributed by atoms with Crippen molar-refractivity contribution < 1.29 is 14.3 Å². The molecule has 0 spiro atoms. The molecule has 0 saturated carbocycles. The predicted molar refractivity (Wildman–Crippen MR) is 65.4 cm³/mol. The molecule has 18 heavy (non-hydrogen) atoms. The number of carbonyl (C=O) groups is 1. The van der Waals surface area contributed by atoms with Crippen LogP contribution in [0.5, 0.6) is 11.6 Å². The van der Waals surface area contributed by atoms with E-state index in [1.54, 1.807) is 12.3 Å². The third-order valence-electron chi connectivity index (χ3n) is 1.91. The molecule has 0 N–H and O–H groups in total. The fourth-order valence-corrected chi connectivity index (χ4v) is 1.51. The molecule has 0 bridgehead atoms. The van der Waals surface area contributed by atoms with Crippen LogP contribution >= 0.6 is 15.9 Å². The van der Waals surface area contributed by atoms with Gasteiger partial charge in [-0.2, -0.15) is 0 Å². The summed E-state index contributed by atoms with van der Waals surface area (Å²) in [5, 5.41) is 0. The van der Waals surface area contributed by atoms with Crippen molar-refractivity contribution in [2.75, 3.05) is 7.11 Å². The first kappa shape index (κ1) is 12.4. The van der Waals surface area contributed by atoms with Crippen molar-refractivity contribution in [2.24, 2.45) is 0 Å². The van der Waals surface area contributed by atoms with Crippen LogP contribution in [0.1, 0.15) is 10.5 Å². The molecule has 0 amide bonds. The molecule has 0 aromatic carbocycles. The average molecular weight is 310 g/mol. The number of rotatable bonds is 3. The summed E-state index contributed by atoms with van der Waals surface area (Å²) < 4.78 is 10.7. The number of hydrogen-bond acceptors (Lipinski definition) is 6. The van der Waals surface area contributed by atoms with Gasteiger partial charge in [-0.25, -0.2) is 9.78 Å². The minimum atomic E-state index is -0.569. The topological polar surface area (TPSA) is 74.2 Å². The average Bonchev–Trinajstić information content (AvgIpc) is 2.38. The van der Waals surface area contributed by atoms with Gasteiger partial charge in [0.15, 0.2) is 5.69 Å². The van der Waals surface area contributed by atoms with Gasteiger partial charge in [0, 0.05) is 10.7 Å². The molecule has 0 unspecified atom stereocenters. The van der Waals surface area contributed by atoms with Gasteiger partial charge in [0.25, 0.3) is 0 Å². The summed E-state index contributed by atoms with van der Waals surface area (Å²) in [5.41, 5.74) is 0.0814. The first-order valence-electron chi connectivity index (χ1n) is 4.88. The van der Waals surface area contributed by atoms with Crippen molar-refractivity contribution in [3.8, 4) is 11.6 Å². The van der Waals surface area contributed by atoms with Gasteiger partial charge in [-0.1, -0.05) is 0 Å². The Morgan fingerprint density at radius 2 is 2.00 bits per heavy atom. The number of halogens is 1. The third kappa shape index (κ3) is 3.01. The largest absolute Gasteiger partial charge is 0.464 e. The fraction of sp³-hybridized carbons (Fsp3) is 0.0909. The molecule has 2 aromatic heterocycles. The van der Waals surface area contributed by atoms with Crippen LogP contribution < -0.4 is 4.74 Å². The van der Waals surface area contributed by atoms with Crippen LogP contribution in [0.2, 0.25) is 0 Å². The van der Waals surface area contributed by atoms with E-state index in [1.165, 1.54) is 25.7 Å². The van der Waals surface area contributed by atoms with Crippen LogP contribution in [0, 0.1) is 0 Å². The molecule has 2 rings (SSSR count). The summed E-state index contributed by atoms with van der Waals surface area (Å²) in [4.78, 5) is 23.0. The van der Waals surface area contributed by atoms with E-state index in [4.69, 9.17) is 4.74 Å². The second-order valence-electron chi connectivity index (χ2n) is 3.18. The van der Waals surface area contributed by atoms with Gasteiger partial charge in [0.05, 0.1) is 25.7 Å². The Bertz CT molecular complexity index is 577. The number of esters is 1. The zero-order valence-electron chi connectivity index (χ0n) is 9.33. The first-order valence-corrected chi connectivity index (χ1v) is 5.67. The summed E-state index contributed by atoms with van der Waals surface area (Å²) in [6.07, 6.45) is 5.85. The molecular weight excluding hydrogens is 302 g/mol. The van der Waals surface area contributed by atoms with E-state index in [1.807, 2.05) is 0 Å². The van der Waals surface area contributed by atoms with E-state index in [-0.39, 0.29) is 11.6 Å². The highest BCUT2D eigenvalue weighted by Crippen LogP contribution is 2.21. The van der Waals surface area contributed by atoms with Gasteiger partial charge < -0.3 is 9.47 Å². The number of aromatic nitrogens is 3. The molecule has 2 heterocycles. The summed E-state index contributed by atoms with van der Waals surface area (Å²) >= 11 is 3.27. The van der Waals surface area contributed by atoms with Crippen LogP contribution in [-0.4, -0.2) is 28.0 Å². The summed E-state index contributed by atoms with van der Waals surface area (Å²) in [5.74, 6) is 0.110. The summed E-state index contributed by atoms with van der Waals surface area (Å²) in [7, 11) is 1.27. The lowest BCUT2D eigenvalue weighted by atomic mass is 10.4. The lowest BCUT2D eigenvalue weighted by Gasteiger charge is -2.05. The van der Waals surface area contributed by atoms with Crippen molar-refractivity contribution in [1.82, 2.24) is 15.0 Å². The van der Waals surface area contributed by atoms with E-state index in [9.17, 15) is 4.79 Å². The van der Waals surface area contributed by atoms with Gasteiger partial charge in [0.2, 0.25) is 5.88 Å². The lowest BCUT2D eigenvalue weighted by molar-refractivity contribution is 0.0592. The third-order valence-corrected chi connectivity index (χ3v) is 2.34. The maximum absolute atomic E-state index is 11.3. The SMILES string of the molecule is COC(=O)c1cncc(Oc2cncc(Br)c2)n1. The molecule has 2 aromatic rings. The van der Waals surface area contributed by atoms with E-state index >= 15 is 0 Å². The van der Waals surface area contributed by atoms with Crippen molar-refractivity contribution in [2.45, 2.75) is 0 Å². The zero-order valence-corrected chi connectivity index (χ0v) is 10.9. The molecular formula is C11H8BrN3O3. The van der Waals surface area contributed by atoms with Gasteiger partial charge in [-0.3, -0.25) is 9.97 Å². The van der Waals surface area contributed by atoms with Crippen LogP contribution in [0.3, 0.4) is 0 Å². The molecule has 7 heteroatoms. The number of nitrogens with zero attached hydrogens (tertiary/aromatic N) is 3. The van der Waals surface area contributed by atoms with E-state index < -0.39 is 5.97 Å². The second-order valence-corrected chi connectivity index (χ2v) is 4.09. The minimum Gasteiger partial charge on any atom is -0.464 e. The predicted octanol–water partition coefficient (Wildman–Crippen LogP) is 2.21. The monoisotopic (exact) mass is 309 g/mol. The smallest absolute Gasteiger partial charge is 0.358 e. The molecule has 6 nitrogen and oxygen atoms in total. The van der Waals surface area contributed by atoms with Crippen molar-refractivity contribution >= 4 is 21.9 Å². The van der Waals surface area contributed by atoms with Gasteiger partial charge in [0.1, 0.15) is 5.75 Å². The zero-order chi connectivity index (χ0) is 13.0. The molecule has 0 saturated heterocycles. The molecule has 0 aliphatic heterocycles. The quantitative estimate of drug-likeness (QED) is 0.809. The number of ether oxygens (including phenoxy) is 2. The fourth-order valence-electron chi connectivity index (χ4n) is 1.17. The first-order chi connectivity index (χ1) is 8.69. The lowest BCUT2D eigenvalue weighted by Crippen LogP contribution is -2.05. The maximum Gasteiger partial charge on any atom is 0.358 e. The number of hydrogen-bond donors (Lipinski definition) is 0. The van der Waals surface area contributed by atoms with E-state index in [0.717, 1.165) is 4.47 Å². The highest BCUT2D eigenvalue weighted by Gasteiger charge is 2.09. The molecule has 0 atom stereocenters. The normalized spacial score (nSPS) is 9.89. The second kappa shape index (κ2) is 5.54. The highest BCUT2D eigenvalue weighted by molar-refractivity contribution is 9.10. The maximum atomic E-state index is 11.3. The molecule has 0 fully saturated rings. The number of pyridine rings is 1. The van der Waals surface area contributed by atoms with Crippen molar-refractivity contribution in [3.63, 3.8) is 0 Å². The molecule has 92 valence electrons. The Balaban J connectivity index is 2.22. The number of methoxy groups -OCH3 is 1. The minimum absolute atomic E-state index is 0.0814. The van der Waals surface area contributed by atoms with E-state index in [0.29, 0.717) is 5.75 Å². The molecule has 0 radical (unpaired) electrons. The Hall–Kier alpha value is -2.02.